The van der Waals surface area contributed by atoms with Crippen molar-refractivity contribution in [1.82, 2.24) is 0 Å². The number of aliphatic imine (C=N–C) groups is 1. The van der Waals surface area contributed by atoms with E-state index in [4.69, 9.17) is 4.99 Å². The molecule has 0 unspecified atom stereocenters. The molecule has 0 aliphatic carbocycles. The van der Waals surface area contributed by atoms with Gasteiger partial charge in [-0.05, 0) is 25.0 Å². The summed E-state index contributed by atoms with van der Waals surface area (Å²) in [6, 6.07) is 20.4. The topological polar surface area (TPSA) is 12.4 Å². The molecule has 1 nitrogen and oxygen atoms in total. The Morgan fingerprint density at radius 2 is 1.35 bits per heavy atom. The zero-order chi connectivity index (χ0) is 14.4. The van der Waals surface area contributed by atoms with Crippen LogP contribution in [-0.4, -0.2) is 5.71 Å². The third kappa shape index (κ3) is 3.33. The Morgan fingerprint density at radius 1 is 0.850 bits per heavy atom. The quantitative estimate of drug-likeness (QED) is 0.535. The predicted octanol–water partition coefficient (Wildman–Crippen LogP) is 5.11. The minimum atomic E-state index is 0.974. The van der Waals surface area contributed by atoms with Crippen molar-refractivity contribution in [1.29, 1.82) is 0 Å². The van der Waals surface area contributed by atoms with Gasteiger partial charge in [0.15, 0.2) is 0 Å². The van der Waals surface area contributed by atoms with Gasteiger partial charge in [0.1, 0.15) is 0 Å². The van der Waals surface area contributed by atoms with Crippen molar-refractivity contribution in [2.45, 2.75) is 13.8 Å². The Hall–Kier alpha value is -2.41. The molecular formula is C19H19N. The molecule has 100 valence electrons. The minimum Gasteiger partial charge on any atom is -0.252 e. The summed E-state index contributed by atoms with van der Waals surface area (Å²) in [5.41, 5.74) is 5.30. The molecule has 2 rings (SSSR count). The number of allylic oxidation sites excluding steroid dienone is 2. The fourth-order valence-corrected chi connectivity index (χ4v) is 1.98. The van der Waals surface area contributed by atoms with Crippen LogP contribution in [0.1, 0.15) is 25.0 Å². The maximum atomic E-state index is 4.81. The molecule has 0 N–H and O–H groups in total. The van der Waals surface area contributed by atoms with E-state index in [2.05, 4.69) is 30.8 Å². The first-order chi connectivity index (χ1) is 9.72. The molecule has 0 aromatic heterocycles. The Labute approximate surface area is 121 Å². The Balaban J connectivity index is 2.48. The van der Waals surface area contributed by atoms with Crippen molar-refractivity contribution in [2.75, 3.05) is 0 Å². The van der Waals surface area contributed by atoms with E-state index in [9.17, 15) is 0 Å². The lowest BCUT2D eigenvalue weighted by atomic mass is 10.1. The van der Waals surface area contributed by atoms with Gasteiger partial charge in [0.05, 0.1) is 5.70 Å². The second-order valence-corrected chi connectivity index (χ2v) is 4.67. The molecule has 2 aromatic carbocycles. The molecule has 0 heterocycles. The molecule has 0 amide bonds. The molecule has 0 radical (unpaired) electrons. The van der Waals surface area contributed by atoms with E-state index >= 15 is 0 Å². The third-order valence-electron chi connectivity index (χ3n) is 3.20. The highest BCUT2D eigenvalue weighted by atomic mass is 14.8. The number of nitrogens with zero attached hydrogens (tertiary/aromatic N) is 1. The number of hydrogen-bond acceptors (Lipinski definition) is 1. The van der Waals surface area contributed by atoms with Crippen LogP contribution >= 0.6 is 0 Å². The van der Waals surface area contributed by atoms with Gasteiger partial charge in [0.25, 0.3) is 0 Å². The van der Waals surface area contributed by atoms with E-state index in [1.165, 1.54) is 0 Å². The van der Waals surface area contributed by atoms with Gasteiger partial charge in [-0.15, -0.1) is 0 Å². The molecule has 0 spiro atoms. The Kier molecular flexibility index (Phi) is 4.67. The average molecular weight is 261 g/mol. The first-order valence-electron chi connectivity index (χ1n) is 6.72. The summed E-state index contributed by atoms with van der Waals surface area (Å²) >= 11 is 0. The van der Waals surface area contributed by atoms with E-state index < -0.39 is 0 Å². The lowest BCUT2D eigenvalue weighted by Crippen LogP contribution is -1.96. The smallest absolute Gasteiger partial charge is 0.0734 e. The van der Waals surface area contributed by atoms with E-state index in [-0.39, 0.29) is 0 Å². The number of hydrogen-bond donors (Lipinski definition) is 0. The van der Waals surface area contributed by atoms with Crippen LogP contribution < -0.4 is 0 Å². The van der Waals surface area contributed by atoms with Crippen LogP contribution in [0.15, 0.2) is 83.9 Å². The van der Waals surface area contributed by atoms with Gasteiger partial charge in [-0.2, -0.15) is 0 Å². The van der Waals surface area contributed by atoms with Crippen molar-refractivity contribution < 1.29 is 0 Å². The van der Waals surface area contributed by atoms with Crippen LogP contribution in [0.4, 0.5) is 0 Å². The van der Waals surface area contributed by atoms with Crippen LogP contribution in [-0.2, 0) is 0 Å². The molecule has 0 aliphatic heterocycles. The minimum absolute atomic E-state index is 0.974. The molecule has 2 aromatic rings. The van der Waals surface area contributed by atoms with Crippen LogP contribution in [0.25, 0.3) is 5.70 Å². The van der Waals surface area contributed by atoms with Crippen molar-refractivity contribution >= 4 is 11.4 Å². The lowest BCUT2D eigenvalue weighted by Gasteiger charge is -2.08. The molecule has 1 heteroatoms. The first kappa shape index (κ1) is 14.0. The fourth-order valence-electron chi connectivity index (χ4n) is 1.98. The van der Waals surface area contributed by atoms with Gasteiger partial charge in [0.2, 0.25) is 0 Å². The van der Waals surface area contributed by atoms with Crippen LogP contribution in [0.3, 0.4) is 0 Å². The first-order valence-corrected chi connectivity index (χ1v) is 6.72. The molecule has 20 heavy (non-hydrogen) atoms. The zero-order valence-corrected chi connectivity index (χ0v) is 12.0. The summed E-state index contributed by atoms with van der Waals surface area (Å²) in [6.45, 7) is 7.94. The van der Waals surface area contributed by atoms with E-state index in [0.717, 1.165) is 28.1 Å². The summed E-state index contributed by atoms with van der Waals surface area (Å²) in [7, 11) is 0. The van der Waals surface area contributed by atoms with Gasteiger partial charge < -0.3 is 0 Å². The van der Waals surface area contributed by atoms with E-state index in [1.807, 2.05) is 56.3 Å². The van der Waals surface area contributed by atoms with Gasteiger partial charge in [-0.1, -0.05) is 73.3 Å². The molecule has 0 saturated carbocycles. The normalized spacial score (nSPS) is 12.8. The summed E-state index contributed by atoms with van der Waals surface area (Å²) in [4.78, 5) is 4.81. The SMILES string of the molecule is C=C/C(C)=C(\N=C(C)c1ccccc1)c1ccccc1. The van der Waals surface area contributed by atoms with Gasteiger partial charge >= 0.3 is 0 Å². The monoisotopic (exact) mass is 261 g/mol. The van der Waals surface area contributed by atoms with E-state index in [1.54, 1.807) is 0 Å². The van der Waals surface area contributed by atoms with Crippen LogP contribution in [0.5, 0.6) is 0 Å². The molecule has 0 fully saturated rings. The molecule has 0 bridgehead atoms. The fraction of sp³-hybridized carbons (Fsp3) is 0.105. The molecular weight excluding hydrogens is 242 g/mol. The molecule has 0 atom stereocenters. The summed E-state index contributed by atoms with van der Waals surface area (Å²) in [6.07, 6.45) is 1.85. The van der Waals surface area contributed by atoms with Gasteiger partial charge in [0, 0.05) is 11.3 Å². The third-order valence-corrected chi connectivity index (χ3v) is 3.20. The van der Waals surface area contributed by atoms with Crippen molar-refractivity contribution in [3.05, 3.63) is 90.0 Å². The van der Waals surface area contributed by atoms with Crippen molar-refractivity contribution in [2.24, 2.45) is 4.99 Å². The highest BCUT2D eigenvalue weighted by Crippen LogP contribution is 2.22. The maximum Gasteiger partial charge on any atom is 0.0734 e. The summed E-state index contributed by atoms with van der Waals surface area (Å²) in [5, 5.41) is 0. The Morgan fingerprint density at radius 3 is 1.85 bits per heavy atom. The Bertz CT molecular complexity index is 634. The molecule has 0 saturated heterocycles. The van der Waals surface area contributed by atoms with Crippen molar-refractivity contribution in [3.8, 4) is 0 Å². The number of benzene rings is 2. The average Bonchev–Trinajstić information content (AvgIpc) is 2.53. The molecule has 0 aliphatic rings. The maximum absolute atomic E-state index is 4.81. The largest absolute Gasteiger partial charge is 0.252 e. The zero-order valence-electron chi connectivity index (χ0n) is 12.0. The summed E-state index contributed by atoms with van der Waals surface area (Å²) in [5.74, 6) is 0. The van der Waals surface area contributed by atoms with Gasteiger partial charge in [-0.25, -0.2) is 0 Å². The summed E-state index contributed by atoms with van der Waals surface area (Å²) < 4.78 is 0. The highest BCUT2D eigenvalue weighted by Gasteiger charge is 2.04. The van der Waals surface area contributed by atoms with Crippen molar-refractivity contribution in [3.63, 3.8) is 0 Å². The second kappa shape index (κ2) is 6.67. The van der Waals surface area contributed by atoms with Crippen LogP contribution in [0, 0.1) is 0 Å². The lowest BCUT2D eigenvalue weighted by molar-refractivity contribution is 1.40. The standard InChI is InChI=1S/C19H19N/c1-4-15(2)19(18-13-9-6-10-14-18)20-16(3)17-11-7-5-8-12-17/h4-14H,1H2,2-3H3/b19-15-,20-16?. The number of rotatable bonds is 4. The van der Waals surface area contributed by atoms with E-state index in [0.29, 0.717) is 0 Å². The second-order valence-electron chi connectivity index (χ2n) is 4.67. The van der Waals surface area contributed by atoms with Crippen LogP contribution in [0.2, 0.25) is 0 Å². The van der Waals surface area contributed by atoms with Gasteiger partial charge in [-0.3, -0.25) is 4.99 Å². The highest BCUT2D eigenvalue weighted by molar-refractivity contribution is 6.02. The predicted molar refractivity (Wildman–Crippen MR) is 87.9 cm³/mol.